The number of rotatable bonds is 8. The number of carbonyl (C=O) groups is 1. The molecule has 1 heterocycles. The normalized spacial score (nSPS) is 11.2. The molecule has 0 atom stereocenters. The van der Waals surface area contributed by atoms with Crippen molar-refractivity contribution in [2.24, 2.45) is 0 Å². The van der Waals surface area contributed by atoms with E-state index >= 15 is 0 Å². The molecule has 8 heteroatoms. The molecule has 7 nitrogen and oxygen atoms in total. The third-order valence-corrected chi connectivity index (χ3v) is 7.28. The van der Waals surface area contributed by atoms with E-state index in [0.717, 1.165) is 26.9 Å². The standard InChI is InChI=1S/C26H26N4O3S/c1-20-12-14-24(15-13-20)34(32,33)30(23-9-4-3-5-10-23)19-26(31)28-18-22-8-6-7-11-25(22)29-17-16-27-21(29)2/h3-17H,18-19H2,1-2H3,(H,28,31). The van der Waals surface area contributed by atoms with E-state index in [9.17, 15) is 13.2 Å². The molecule has 0 aliphatic rings. The third-order valence-electron chi connectivity index (χ3n) is 5.49. The first kappa shape index (κ1) is 23.3. The van der Waals surface area contributed by atoms with Crippen molar-refractivity contribution in [2.45, 2.75) is 25.3 Å². The van der Waals surface area contributed by atoms with Gasteiger partial charge in [-0.05, 0) is 49.7 Å². The molecule has 0 unspecified atom stereocenters. The second-order valence-electron chi connectivity index (χ2n) is 7.91. The molecule has 1 amide bonds. The van der Waals surface area contributed by atoms with E-state index < -0.39 is 15.9 Å². The minimum absolute atomic E-state index is 0.135. The number of nitrogens with zero attached hydrogens (tertiary/aromatic N) is 3. The monoisotopic (exact) mass is 474 g/mol. The highest BCUT2D eigenvalue weighted by Gasteiger charge is 2.27. The second-order valence-corrected chi connectivity index (χ2v) is 9.77. The van der Waals surface area contributed by atoms with Crippen molar-refractivity contribution >= 4 is 21.6 Å². The number of imidazole rings is 1. The highest BCUT2D eigenvalue weighted by atomic mass is 32.2. The summed E-state index contributed by atoms with van der Waals surface area (Å²) in [5.41, 5.74) is 3.18. The topological polar surface area (TPSA) is 84.3 Å². The molecule has 3 aromatic carbocycles. The van der Waals surface area contributed by atoms with E-state index in [1.807, 2.05) is 48.9 Å². The van der Waals surface area contributed by atoms with Crippen LogP contribution in [0.3, 0.4) is 0 Å². The van der Waals surface area contributed by atoms with Gasteiger partial charge in [0.2, 0.25) is 5.91 Å². The second kappa shape index (κ2) is 9.93. The Kier molecular flexibility index (Phi) is 6.79. The maximum absolute atomic E-state index is 13.4. The lowest BCUT2D eigenvalue weighted by Crippen LogP contribution is -2.40. The summed E-state index contributed by atoms with van der Waals surface area (Å²) in [4.78, 5) is 17.4. The minimum Gasteiger partial charge on any atom is -0.350 e. The predicted octanol–water partition coefficient (Wildman–Crippen LogP) is 4.00. The summed E-state index contributed by atoms with van der Waals surface area (Å²) in [5, 5.41) is 2.87. The molecule has 4 aromatic rings. The number of anilines is 1. The number of aromatic nitrogens is 2. The maximum atomic E-state index is 13.4. The molecule has 0 bridgehead atoms. The van der Waals surface area contributed by atoms with Gasteiger partial charge in [0.15, 0.2) is 0 Å². The van der Waals surface area contributed by atoms with Gasteiger partial charge in [-0.3, -0.25) is 9.10 Å². The zero-order chi connectivity index (χ0) is 24.1. The van der Waals surface area contributed by atoms with Gasteiger partial charge in [-0.2, -0.15) is 0 Å². The lowest BCUT2D eigenvalue weighted by molar-refractivity contribution is -0.119. The molecule has 0 aliphatic carbocycles. The Morgan fingerprint density at radius 2 is 1.62 bits per heavy atom. The quantitative estimate of drug-likeness (QED) is 0.418. The molecule has 0 aliphatic heterocycles. The Balaban J connectivity index is 1.56. The largest absolute Gasteiger partial charge is 0.350 e. The van der Waals surface area contributed by atoms with Gasteiger partial charge in [-0.25, -0.2) is 13.4 Å². The van der Waals surface area contributed by atoms with Crippen molar-refractivity contribution in [3.05, 3.63) is 108 Å². The van der Waals surface area contributed by atoms with Gasteiger partial charge in [0.1, 0.15) is 12.4 Å². The van der Waals surface area contributed by atoms with Crippen molar-refractivity contribution in [1.82, 2.24) is 14.9 Å². The van der Waals surface area contributed by atoms with Crippen LogP contribution in [0, 0.1) is 13.8 Å². The number of nitrogens with one attached hydrogen (secondary N) is 1. The lowest BCUT2D eigenvalue weighted by Gasteiger charge is -2.24. The number of hydrogen-bond acceptors (Lipinski definition) is 4. The molecule has 0 saturated heterocycles. The molecule has 0 spiro atoms. The Hall–Kier alpha value is -3.91. The fourth-order valence-corrected chi connectivity index (χ4v) is 5.08. The molecule has 0 radical (unpaired) electrons. The Bertz CT molecular complexity index is 1380. The van der Waals surface area contributed by atoms with Crippen LogP contribution in [0.15, 0.2) is 96.2 Å². The fraction of sp³-hybridized carbons (Fsp3) is 0.154. The predicted molar refractivity (Wildman–Crippen MR) is 132 cm³/mol. The van der Waals surface area contributed by atoms with Crippen molar-refractivity contribution in [2.75, 3.05) is 10.8 Å². The van der Waals surface area contributed by atoms with E-state index in [-0.39, 0.29) is 18.0 Å². The first-order chi connectivity index (χ1) is 16.4. The highest BCUT2D eigenvalue weighted by Crippen LogP contribution is 2.24. The number of aryl methyl sites for hydroxylation is 2. The van der Waals surface area contributed by atoms with Crippen LogP contribution >= 0.6 is 0 Å². The summed E-state index contributed by atoms with van der Waals surface area (Å²) >= 11 is 0. The summed E-state index contributed by atoms with van der Waals surface area (Å²) in [6.45, 7) is 3.71. The van der Waals surface area contributed by atoms with Crippen LogP contribution in [-0.2, 0) is 21.4 Å². The van der Waals surface area contributed by atoms with E-state index in [1.54, 1.807) is 60.8 Å². The maximum Gasteiger partial charge on any atom is 0.264 e. The van der Waals surface area contributed by atoms with E-state index in [4.69, 9.17) is 0 Å². The highest BCUT2D eigenvalue weighted by molar-refractivity contribution is 7.92. The summed E-state index contributed by atoms with van der Waals surface area (Å²) in [6, 6.07) is 22.9. The molecule has 34 heavy (non-hydrogen) atoms. The zero-order valence-corrected chi connectivity index (χ0v) is 19.9. The summed E-state index contributed by atoms with van der Waals surface area (Å²) < 4.78 is 30.0. The van der Waals surface area contributed by atoms with E-state index in [2.05, 4.69) is 10.3 Å². The van der Waals surface area contributed by atoms with Crippen molar-refractivity contribution in [3.8, 4) is 5.69 Å². The Morgan fingerprint density at radius 3 is 2.29 bits per heavy atom. The number of hydrogen-bond donors (Lipinski definition) is 1. The van der Waals surface area contributed by atoms with Gasteiger partial charge < -0.3 is 9.88 Å². The SMILES string of the molecule is Cc1ccc(S(=O)(=O)N(CC(=O)NCc2ccccc2-n2ccnc2C)c2ccccc2)cc1. The molecule has 0 fully saturated rings. The molecule has 0 saturated carbocycles. The fourth-order valence-electron chi connectivity index (χ4n) is 3.65. The van der Waals surface area contributed by atoms with Gasteiger partial charge in [0.05, 0.1) is 16.3 Å². The summed E-state index contributed by atoms with van der Waals surface area (Å²) in [7, 11) is -3.94. The van der Waals surface area contributed by atoms with Crippen molar-refractivity contribution in [1.29, 1.82) is 0 Å². The molecule has 1 N–H and O–H groups in total. The third kappa shape index (κ3) is 5.02. The van der Waals surface area contributed by atoms with Crippen LogP contribution in [0.25, 0.3) is 5.69 Å². The number of benzene rings is 3. The smallest absolute Gasteiger partial charge is 0.264 e. The van der Waals surface area contributed by atoms with E-state index in [0.29, 0.717) is 5.69 Å². The molecular formula is C26H26N4O3S. The van der Waals surface area contributed by atoms with Crippen LogP contribution in [-0.4, -0.2) is 30.4 Å². The van der Waals surface area contributed by atoms with Gasteiger partial charge >= 0.3 is 0 Å². The van der Waals surface area contributed by atoms with Gasteiger partial charge in [0.25, 0.3) is 10.0 Å². The van der Waals surface area contributed by atoms with Crippen LogP contribution in [0.1, 0.15) is 17.0 Å². The van der Waals surface area contributed by atoms with Crippen LogP contribution < -0.4 is 9.62 Å². The Labute approximate surface area is 199 Å². The molecular weight excluding hydrogens is 448 g/mol. The van der Waals surface area contributed by atoms with Gasteiger partial charge in [-0.1, -0.05) is 54.1 Å². The average molecular weight is 475 g/mol. The average Bonchev–Trinajstić information content (AvgIpc) is 3.27. The minimum atomic E-state index is -3.94. The summed E-state index contributed by atoms with van der Waals surface area (Å²) in [6.07, 6.45) is 3.58. The van der Waals surface area contributed by atoms with Gasteiger partial charge in [-0.15, -0.1) is 0 Å². The van der Waals surface area contributed by atoms with Crippen LogP contribution in [0.4, 0.5) is 5.69 Å². The first-order valence-corrected chi connectivity index (χ1v) is 12.3. The van der Waals surface area contributed by atoms with Crippen molar-refractivity contribution < 1.29 is 13.2 Å². The molecule has 174 valence electrons. The number of sulfonamides is 1. The molecule has 4 rings (SSSR count). The molecule has 1 aromatic heterocycles. The number of amides is 1. The first-order valence-electron chi connectivity index (χ1n) is 10.9. The van der Waals surface area contributed by atoms with Crippen LogP contribution in [0.5, 0.6) is 0 Å². The number of para-hydroxylation sites is 2. The van der Waals surface area contributed by atoms with Crippen LogP contribution in [0.2, 0.25) is 0 Å². The van der Waals surface area contributed by atoms with Gasteiger partial charge in [0, 0.05) is 18.9 Å². The van der Waals surface area contributed by atoms with Crippen molar-refractivity contribution in [3.63, 3.8) is 0 Å². The zero-order valence-electron chi connectivity index (χ0n) is 19.0. The number of carbonyl (C=O) groups excluding carboxylic acids is 1. The Morgan fingerprint density at radius 1 is 0.941 bits per heavy atom. The summed E-state index contributed by atoms with van der Waals surface area (Å²) in [5.74, 6) is 0.426. The lowest BCUT2D eigenvalue weighted by atomic mass is 10.1. The van der Waals surface area contributed by atoms with E-state index in [1.165, 1.54) is 0 Å².